The molecule has 72 valence electrons. The second-order valence-corrected chi connectivity index (χ2v) is 3.41. The average molecular weight is 202 g/mol. The van der Waals surface area contributed by atoms with E-state index in [2.05, 4.69) is 5.32 Å². The van der Waals surface area contributed by atoms with Crippen molar-refractivity contribution < 1.29 is 14.4 Å². The first-order chi connectivity index (χ1) is 6.15. The number of imide groups is 1. The Labute approximate surface area is 79.8 Å². The molecule has 1 fully saturated rings. The third-order valence-electron chi connectivity index (χ3n) is 1.52. The second kappa shape index (κ2) is 4.27. The van der Waals surface area contributed by atoms with Gasteiger partial charge in [0.15, 0.2) is 0 Å². The van der Waals surface area contributed by atoms with E-state index < -0.39 is 0 Å². The number of amides is 3. The van der Waals surface area contributed by atoms with E-state index in [0.29, 0.717) is 6.54 Å². The minimum atomic E-state index is -0.337. The van der Waals surface area contributed by atoms with Crippen LogP contribution < -0.4 is 5.32 Å². The molecule has 0 unspecified atom stereocenters. The number of carbonyl (C=O) groups is 3. The van der Waals surface area contributed by atoms with Crippen molar-refractivity contribution in [1.29, 1.82) is 0 Å². The molecule has 0 atom stereocenters. The van der Waals surface area contributed by atoms with Crippen molar-refractivity contribution in [2.45, 2.75) is 6.92 Å². The van der Waals surface area contributed by atoms with Gasteiger partial charge < -0.3 is 5.32 Å². The normalized spacial score (nSPS) is 16.5. The highest BCUT2D eigenvalue weighted by Crippen LogP contribution is 2.17. The van der Waals surface area contributed by atoms with Crippen LogP contribution in [-0.2, 0) is 9.59 Å². The van der Waals surface area contributed by atoms with Gasteiger partial charge >= 0.3 is 0 Å². The van der Waals surface area contributed by atoms with Crippen LogP contribution in [0.2, 0.25) is 0 Å². The lowest BCUT2D eigenvalue weighted by Gasteiger charge is -2.11. The van der Waals surface area contributed by atoms with Crippen LogP contribution in [0.1, 0.15) is 6.92 Å². The molecule has 1 rings (SSSR count). The SMILES string of the molecule is CCNC(=O)CN1C(=O)CSC1=O. The molecule has 1 aliphatic heterocycles. The lowest BCUT2D eigenvalue weighted by atomic mass is 10.5. The van der Waals surface area contributed by atoms with Crippen LogP contribution in [0.25, 0.3) is 0 Å². The molecule has 0 saturated carbocycles. The van der Waals surface area contributed by atoms with Gasteiger partial charge in [0.05, 0.1) is 5.75 Å². The van der Waals surface area contributed by atoms with Crippen molar-refractivity contribution >= 4 is 28.8 Å². The van der Waals surface area contributed by atoms with E-state index in [1.165, 1.54) is 0 Å². The minimum absolute atomic E-state index is 0.151. The molecule has 0 aromatic heterocycles. The molecule has 1 heterocycles. The van der Waals surface area contributed by atoms with Crippen molar-refractivity contribution in [1.82, 2.24) is 10.2 Å². The number of nitrogens with one attached hydrogen (secondary N) is 1. The molecule has 5 nitrogen and oxygen atoms in total. The van der Waals surface area contributed by atoms with Gasteiger partial charge in [-0.3, -0.25) is 19.3 Å². The van der Waals surface area contributed by atoms with Crippen molar-refractivity contribution in [3.63, 3.8) is 0 Å². The Bertz CT molecular complexity index is 238. The fourth-order valence-electron chi connectivity index (χ4n) is 0.931. The molecule has 13 heavy (non-hydrogen) atoms. The van der Waals surface area contributed by atoms with Crippen molar-refractivity contribution in [3.8, 4) is 0 Å². The Hall–Kier alpha value is -1.04. The molecule has 0 aromatic carbocycles. The number of hydrogen-bond donors (Lipinski definition) is 1. The topological polar surface area (TPSA) is 66.5 Å². The van der Waals surface area contributed by atoms with E-state index in [0.717, 1.165) is 16.7 Å². The van der Waals surface area contributed by atoms with Crippen LogP contribution in [0.4, 0.5) is 4.79 Å². The summed E-state index contributed by atoms with van der Waals surface area (Å²) in [6.45, 7) is 2.13. The Morgan fingerprint density at radius 2 is 2.31 bits per heavy atom. The molecular formula is C7H10N2O3S. The van der Waals surface area contributed by atoms with Gasteiger partial charge in [0.1, 0.15) is 6.54 Å². The van der Waals surface area contributed by atoms with E-state index in [-0.39, 0.29) is 29.4 Å². The highest BCUT2D eigenvalue weighted by molar-refractivity contribution is 8.14. The van der Waals surface area contributed by atoms with Crippen LogP contribution in [-0.4, -0.2) is 40.8 Å². The summed E-state index contributed by atoms with van der Waals surface area (Å²) in [6.07, 6.45) is 0. The number of thioether (sulfide) groups is 1. The van der Waals surface area contributed by atoms with Crippen molar-refractivity contribution in [2.75, 3.05) is 18.8 Å². The predicted molar refractivity (Wildman–Crippen MR) is 48.3 cm³/mol. The number of rotatable bonds is 3. The lowest BCUT2D eigenvalue weighted by molar-refractivity contribution is -0.130. The van der Waals surface area contributed by atoms with Gasteiger partial charge in [-0.25, -0.2) is 0 Å². The van der Waals surface area contributed by atoms with Crippen LogP contribution >= 0.6 is 11.8 Å². The lowest BCUT2D eigenvalue weighted by Crippen LogP contribution is -2.39. The first-order valence-corrected chi connectivity index (χ1v) is 4.87. The minimum Gasteiger partial charge on any atom is -0.355 e. The quantitative estimate of drug-likeness (QED) is 0.689. The van der Waals surface area contributed by atoms with Crippen molar-refractivity contribution in [3.05, 3.63) is 0 Å². The Kier molecular flexibility index (Phi) is 3.30. The Morgan fingerprint density at radius 1 is 1.62 bits per heavy atom. The molecule has 0 radical (unpaired) electrons. The fourth-order valence-corrected chi connectivity index (χ4v) is 1.66. The van der Waals surface area contributed by atoms with Crippen LogP contribution in [0, 0.1) is 0 Å². The summed E-state index contributed by atoms with van der Waals surface area (Å²) in [6, 6.07) is 0. The first kappa shape index (κ1) is 10.0. The summed E-state index contributed by atoms with van der Waals surface area (Å²) in [7, 11) is 0. The number of hydrogen-bond acceptors (Lipinski definition) is 4. The second-order valence-electron chi connectivity index (χ2n) is 2.49. The summed E-state index contributed by atoms with van der Waals surface area (Å²) in [5.74, 6) is -0.439. The zero-order valence-corrected chi connectivity index (χ0v) is 8.02. The highest BCUT2D eigenvalue weighted by atomic mass is 32.2. The standard InChI is InChI=1S/C7H10N2O3S/c1-2-8-5(10)3-9-6(11)4-13-7(9)12/h2-4H2,1H3,(H,8,10). The van der Waals surface area contributed by atoms with E-state index in [1.807, 2.05) is 0 Å². The summed E-state index contributed by atoms with van der Waals surface area (Å²) in [4.78, 5) is 34.0. The van der Waals surface area contributed by atoms with E-state index in [1.54, 1.807) is 6.92 Å². The summed E-state index contributed by atoms with van der Waals surface area (Å²) >= 11 is 0.931. The first-order valence-electron chi connectivity index (χ1n) is 3.89. The Morgan fingerprint density at radius 3 is 2.77 bits per heavy atom. The highest BCUT2D eigenvalue weighted by Gasteiger charge is 2.31. The molecule has 0 aromatic rings. The van der Waals surface area contributed by atoms with Gasteiger partial charge in [0, 0.05) is 6.54 Å². The number of nitrogens with zero attached hydrogens (tertiary/aromatic N) is 1. The largest absolute Gasteiger partial charge is 0.355 e. The molecule has 1 aliphatic rings. The monoisotopic (exact) mass is 202 g/mol. The summed E-state index contributed by atoms with van der Waals surface area (Å²) < 4.78 is 0. The smallest absolute Gasteiger partial charge is 0.289 e. The zero-order valence-electron chi connectivity index (χ0n) is 7.20. The fraction of sp³-hybridized carbons (Fsp3) is 0.571. The molecule has 1 N–H and O–H groups in total. The summed E-state index contributed by atoms with van der Waals surface area (Å²) in [5, 5.41) is 2.18. The molecular weight excluding hydrogens is 192 g/mol. The molecule has 0 bridgehead atoms. The maximum Gasteiger partial charge on any atom is 0.289 e. The van der Waals surface area contributed by atoms with Gasteiger partial charge in [-0.1, -0.05) is 11.8 Å². The van der Waals surface area contributed by atoms with Crippen LogP contribution in [0.3, 0.4) is 0 Å². The molecule has 3 amide bonds. The average Bonchev–Trinajstić information content (AvgIpc) is 2.36. The van der Waals surface area contributed by atoms with E-state index >= 15 is 0 Å². The molecule has 0 aliphatic carbocycles. The van der Waals surface area contributed by atoms with Gasteiger partial charge in [0.25, 0.3) is 5.24 Å². The van der Waals surface area contributed by atoms with E-state index in [9.17, 15) is 14.4 Å². The Balaban J connectivity index is 2.48. The predicted octanol–water partition coefficient (Wildman–Crippen LogP) is -0.182. The number of likely N-dealkylation sites (N-methyl/N-ethyl adjacent to an activating group) is 1. The third kappa shape index (κ3) is 2.45. The molecule has 1 saturated heterocycles. The number of carbonyl (C=O) groups excluding carboxylic acids is 3. The van der Waals surface area contributed by atoms with Gasteiger partial charge in [-0.15, -0.1) is 0 Å². The van der Waals surface area contributed by atoms with Crippen LogP contribution in [0.15, 0.2) is 0 Å². The molecule has 0 spiro atoms. The summed E-state index contributed by atoms with van der Waals surface area (Å²) in [5.41, 5.74) is 0. The van der Waals surface area contributed by atoms with Gasteiger partial charge in [-0.2, -0.15) is 0 Å². The van der Waals surface area contributed by atoms with Gasteiger partial charge in [0.2, 0.25) is 11.8 Å². The van der Waals surface area contributed by atoms with Crippen molar-refractivity contribution in [2.24, 2.45) is 0 Å². The zero-order chi connectivity index (χ0) is 9.84. The molecule has 6 heteroatoms. The van der Waals surface area contributed by atoms with Gasteiger partial charge in [-0.05, 0) is 6.92 Å². The maximum atomic E-state index is 11.0. The van der Waals surface area contributed by atoms with Crippen LogP contribution in [0.5, 0.6) is 0 Å². The van der Waals surface area contributed by atoms with E-state index in [4.69, 9.17) is 0 Å². The third-order valence-corrected chi connectivity index (χ3v) is 2.37. The maximum absolute atomic E-state index is 11.0.